The SMILES string of the molecule is CCOC(=O)CNC(=O)NCc1cccc(-c2cccc([C@@H]3O[C@H](CN4CC[C@H](O)C4)[C@H](C)[C@H](c4ccc(CO)cc4)O3)c2)c1. The summed E-state index contributed by atoms with van der Waals surface area (Å²) < 4.78 is 18.1. The first-order chi connectivity index (χ1) is 21.8. The number of esters is 1. The van der Waals surface area contributed by atoms with E-state index in [2.05, 4.69) is 28.5 Å². The Morgan fingerprint density at radius 2 is 1.71 bits per heavy atom. The topological polar surface area (TPSA) is 130 Å². The maximum Gasteiger partial charge on any atom is 0.325 e. The normalized spacial score (nSPS) is 23.4. The lowest BCUT2D eigenvalue weighted by Gasteiger charge is -2.42. The lowest BCUT2D eigenvalue weighted by atomic mass is 9.90. The zero-order valence-electron chi connectivity index (χ0n) is 25.9. The smallest absolute Gasteiger partial charge is 0.325 e. The van der Waals surface area contributed by atoms with Crippen LogP contribution >= 0.6 is 0 Å². The number of benzene rings is 3. The third-order valence-electron chi connectivity index (χ3n) is 8.38. The number of aliphatic hydroxyl groups excluding tert-OH is 2. The fraction of sp³-hybridized carbons (Fsp3) is 0.429. The van der Waals surface area contributed by atoms with Gasteiger partial charge in [-0.15, -0.1) is 0 Å². The van der Waals surface area contributed by atoms with Gasteiger partial charge in [0.15, 0.2) is 6.29 Å². The Hall–Kier alpha value is -3.80. The number of ether oxygens (including phenoxy) is 3. The van der Waals surface area contributed by atoms with Crippen LogP contribution in [0.2, 0.25) is 0 Å². The molecule has 5 rings (SSSR count). The molecule has 0 unspecified atom stereocenters. The second-order valence-electron chi connectivity index (χ2n) is 11.7. The van der Waals surface area contributed by atoms with Crippen LogP contribution in [0.25, 0.3) is 11.1 Å². The quantitative estimate of drug-likeness (QED) is 0.237. The molecule has 10 heteroatoms. The number of hydrogen-bond donors (Lipinski definition) is 4. The molecule has 5 atom stereocenters. The summed E-state index contributed by atoms with van der Waals surface area (Å²) in [6, 6.07) is 23.4. The summed E-state index contributed by atoms with van der Waals surface area (Å²) in [7, 11) is 0. The molecule has 0 spiro atoms. The van der Waals surface area contributed by atoms with Crippen LogP contribution < -0.4 is 10.6 Å². The van der Waals surface area contributed by atoms with Gasteiger partial charge in [-0.2, -0.15) is 0 Å². The molecule has 45 heavy (non-hydrogen) atoms. The average Bonchev–Trinajstić information content (AvgIpc) is 3.48. The summed E-state index contributed by atoms with van der Waals surface area (Å²) in [4.78, 5) is 25.9. The van der Waals surface area contributed by atoms with Gasteiger partial charge in [-0.05, 0) is 53.3 Å². The van der Waals surface area contributed by atoms with E-state index in [1.807, 2.05) is 66.7 Å². The van der Waals surface area contributed by atoms with Gasteiger partial charge in [-0.1, -0.05) is 67.6 Å². The third-order valence-corrected chi connectivity index (χ3v) is 8.38. The molecule has 0 bridgehead atoms. The van der Waals surface area contributed by atoms with Gasteiger partial charge in [0.05, 0.1) is 31.5 Å². The van der Waals surface area contributed by atoms with Crippen LogP contribution in [0.4, 0.5) is 4.79 Å². The van der Waals surface area contributed by atoms with Crippen molar-refractivity contribution in [2.45, 2.75) is 58.0 Å². The van der Waals surface area contributed by atoms with Crippen molar-refractivity contribution in [3.8, 4) is 11.1 Å². The number of rotatable bonds is 11. The van der Waals surface area contributed by atoms with Crippen LogP contribution in [-0.4, -0.2) is 72.1 Å². The molecule has 4 N–H and O–H groups in total. The van der Waals surface area contributed by atoms with Gasteiger partial charge in [-0.25, -0.2) is 4.79 Å². The van der Waals surface area contributed by atoms with E-state index in [4.69, 9.17) is 14.2 Å². The van der Waals surface area contributed by atoms with Gasteiger partial charge in [0, 0.05) is 37.7 Å². The average molecular weight is 618 g/mol. The minimum Gasteiger partial charge on any atom is -0.465 e. The van der Waals surface area contributed by atoms with E-state index in [-0.39, 0.29) is 44.0 Å². The van der Waals surface area contributed by atoms with Gasteiger partial charge < -0.3 is 35.1 Å². The van der Waals surface area contributed by atoms with Gasteiger partial charge in [0.25, 0.3) is 0 Å². The highest BCUT2D eigenvalue weighted by atomic mass is 16.7. The molecule has 2 aliphatic rings. The van der Waals surface area contributed by atoms with E-state index in [0.29, 0.717) is 19.6 Å². The molecule has 2 heterocycles. The number of β-amino-alcohol motifs (C(OH)–C–C–N with tert-alkyl or cyclic N) is 1. The summed E-state index contributed by atoms with van der Waals surface area (Å²) in [5, 5.41) is 24.9. The van der Waals surface area contributed by atoms with Crippen LogP contribution in [0.5, 0.6) is 0 Å². The molecule has 2 fully saturated rings. The Kier molecular flexibility index (Phi) is 11.2. The van der Waals surface area contributed by atoms with E-state index in [1.54, 1.807) is 6.92 Å². The van der Waals surface area contributed by atoms with E-state index in [0.717, 1.165) is 46.3 Å². The predicted molar refractivity (Wildman–Crippen MR) is 169 cm³/mol. The fourth-order valence-corrected chi connectivity index (χ4v) is 5.90. The summed E-state index contributed by atoms with van der Waals surface area (Å²) in [5.74, 6) is -0.428. The van der Waals surface area contributed by atoms with E-state index in [1.165, 1.54) is 0 Å². The Bertz CT molecular complexity index is 1430. The van der Waals surface area contributed by atoms with Crippen molar-refractivity contribution < 1.29 is 34.0 Å². The minimum absolute atomic E-state index is 0.0141. The van der Waals surface area contributed by atoms with Crippen molar-refractivity contribution in [1.29, 1.82) is 0 Å². The molecule has 0 saturated carbocycles. The maximum absolute atomic E-state index is 12.2. The van der Waals surface area contributed by atoms with Crippen LogP contribution in [-0.2, 0) is 32.2 Å². The number of nitrogens with one attached hydrogen (secondary N) is 2. The Labute approximate surface area is 264 Å². The second-order valence-corrected chi connectivity index (χ2v) is 11.7. The van der Waals surface area contributed by atoms with Crippen molar-refractivity contribution in [3.63, 3.8) is 0 Å². The molecule has 3 aromatic rings. The zero-order chi connectivity index (χ0) is 31.8. The molecule has 10 nitrogen and oxygen atoms in total. The third kappa shape index (κ3) is 8.68. The summed E-state index contributed by atoms with van der Waals surface area (Å²) >= 11 is 0. The van der Waals surface area contributed by atoms with E-state index < -0.39 is 18.3 Å². The van der Waals surface area contributed by atoms with Crippen molar-refractivity contribution in [3.05, 3.63) is 95.1 Å². The highest BCUT2D eigenvalue weighted by molar-refractivity contribution is 5.80. The number of hydrogen-bond acceptors (Lipinski definition) is 8. The summed E-state index contributed by atoms with van der Waals surface area (Å²) in [5.41, 5.74) is 5.63. The first-order valence-corrected chi connectivity index (χ1v) is 15.6. The predicted octanol–water partition coefficient (Wildman–Crippen LogP) is 4.07. The fourth-order valence-electron chi connectivity index (χ4n) is 5.90. The molecule has 240 valence electrons. The maximum atomic E-state index is 12.2. The van der Waals surface area contributed by atoms with Crippen LogP contribution in [0.3, 0.4) is 0 Å². The number of carbonyl (C=O) groups excluding carboxylic acids is 2. The number of nitrogens with zero attached hydrogens (tertiary/aromatic N) is 1. The van der Waals surface area contributed by atoms with Crippen molar-refractivity contribution in [2.75, 3.05) is 32.8 Å². The van der Waals surface area contributed by atoms with Crippen molar-refractivity contribution >= 4 is 12.0 Å². The highest BCUT2D eigenvalue weighted by Gasteiger charge is 2.40. The van der Waals surface area contributed by atoms with Gasteiger partial charge in [0.2, 0.25) is 0 Å². The van der Waals surface area contributed by atoms with Crippen LogP contribution in [0, 0.1) is 5.92 Å². The van der Waals surface area contributed by atoms with Crippen molar-refractivity contribution in [1.82, 2.24) is 15.5 Å². The highest BCUT2D eigenvalue weighted by Crippen LogP contribution is 2.42. The Morgan fingerprint density at radius 1 is 0.956 bits per heavy atom. The molecular weight excluding hydrogens is 574 g/mol. The van der Waals surface area contributed by atoms with Gasteiger partial charge in [-0.3, -0.25) is 9.69 Å². The molecular formula is C35H43N3O7. The second kappa shape index (κ2) is 15.5. The lowest BCUT2D eigenvalue weighted by Crippen LogP contribution is -2.44. The number of amides is 2. The molecule has 2 aliphatic heterocycles. The number of carbonyl (C=O) groups is 2. The van der Waals surface area contributed by atoms with Crippen LogP contribution in [0.1, 0.15) is 54.9 Å². The zero-order valence-corrected chi connectivity index (χ0v) is 25.9. The molecule has 2 saturated heterocycles. The first-order valence-electron chi connectivity index (χ1n) is 15.6. The van der Waals surface area contributed by atoms with E-state index >= 15 is 0 Å². The van der Waals surface area contributed by atoms with E-state index in [9.17, 15) is 19.8 Å². The first kappa shape index (κ1) is 32.6. The Balaban J connectivity index is 1.31. The largest absolute Gasteiger partial charge is 0.465 e. The number of urea groups is 1. The van der Waals surface area contributed by atoms with Gasteiger partial charge in [0.1, 0.15) is 6.54 Å². The van der Waals surface area contributed by atoms with Crippen molar-refractivity contribution in [2.24, 2.45) is 5.92 Å². The minimum atomic E-state index is -0.603. The lowest BCUT2D eigenvalue weighted by molar-refractivity contribution is -0.276. The molecule has 2 amide bonds. The monoisotopic (exact) mass is 617 g/mol. The molecule has 0 aliphatic carbocycles. The molecule has 0 aromatic heterocycles. The van der Waals surface area contributed by atoms with Crippen LogP contribution in [0.15, 0.2) is 72.8 Å². The molecule has 0 radical (unpaired) electrons. The van der Waals surface area contributed by atoms with Gasteiger partial charge >= 0.3 is 12.0 Å². The Morgan fingerprint density at radius 3 is 2.42 bits per heavy atom. The molecule has 3 aromatic carbocycles. The number of aliphatic hydroxyl groups is 2. The summed E-state index contributed by atoms with van der Waals surface area (Å²) in [6.45, 7) is 6.38. The standard InChI is InChI=1S/C35H43N3O7/c1-3-43-32(41)19-37-35(42)36-18-25-6-4-7-27(16-25)28-8-5-9-29(17-28)34-44-31(21-38-15-14-30(40)20-38)23(2)33(45-34)26-12-10-24(22-39)11-13-26/h4-13,16-17,23,30-31,33-34,39-40H,3,14-15,18-22H2,1-2H3,(H2,36,37,42)/t23-,30-,31+,33+,34+/m0/s1. The number of likely N-dealkylation sites (tertiary alicyclic amines) is 1. The summed E-state index contributed by atoms with van der Waals surface area (Å²) in [6.07, 6.45) is -0.484.